The number of tetrazole rings is 1. The molecule has 1 aliphatic heterocycles. The Hall–Kier alpha value is -3.58. The van der Waals surface area contributed by atoms with E-state index in [1.165, 1.54) is 11.6 Å². The lowest BCUT2D eigenvalue weighted by atomic mass is 10.1. The summed E-state index contributed by atoms with van der Waals surface area (Å²) in [5.41, 5.74) is 5.82. The van der Waals surface area contributed by atoms with Crippen LogP contribution in [0.1, 0.15) is 44.6 Å². The van der Waals surface area contributed by atoms with Crippen molar-refractivity contribution >= 4 is 17.9 Å². The van der Waals surface area contributed by atoms with Gasteiger partial charge in [-0.1, -0.05) is 30.3 Å². The number of hydrogen-bond donors (Lipinski definition) is 3. The van der Waals surface area contributed by atoms with E-state index in [4.69, 9.17) is 15.2 Å². The van der Waals surface area contributed by atoms with Crippen LogP contribution >= 0.6 is 0 Å². The first kappa shape index (κ1) is 27.0. The lowest BCUT2D eigenvalue weighted by Crippen LogP contribution is -2.51. The summed E-state index contributed by atoms with van der Waals surface area (Å²) in [7, 11) is 0. The molecule has 36 heavy (non-hydrogen) atoms. The zero-order valence-electron chi connectivity index (χ0n) is 20.8. The maximum Gasteiger partial charge on any atom is 0.409 e. The number of carbonyl (C=O) groups is 3. The predicted molar refractivity (Wildman–Crippen MR) is 128 cm³/mol. The molecule has 1 aliphatic rings. The van der Waals surface area contributed by atoms with Gasteiger partial charge in [0, 0.05) is 26.1 Å². The van der Waals surface area contributed by atoms with Gasteiger partial charge in [-0.3, -0.25) is 9.59 Å². The van der Waals surface area contributed by atoms with Crippen LogP contribution in [-0.4, -0.2) is 80.9 Å². The van der Waals surface area contributed by atoms with Crippen LogP contribution in [0.15, 0.2) is 30.3 Å². The van der Waals surface area contributed by atoms with Crippen LogP contribution in [0.4, 0.5) is 4.79 Å². The average molecular weight is 503 g/mol. The number of nitrogens with zero attached hydrogens (tertiary/aromatic N) is 5. The smallest absolute Gasteiger partial charge is 0.409 e. The molecule has 4 N–H and O–H groups in total. The molecule has 3 rings (SSSR count). The van der Waals surface area contributed by atoms with Gasteiger partial charge in [0.25, 0.3) is 0 Å². The maximum atomic E-state index is 12.6. The van der Waals surface area contributed by atoms with E-state index in [1.807, 2.05) is 30.3 Å². The molecule has 0 radical (unpaired) electrons. The molecule has 2 atom stereocenters. The van der Waals surface area contributed by atoms with Crippen molar-refractivity contribution in [3.8, 4) is 0 Å². The van der Waals surface area contributed by atoms with Gasteiger partial charge in [-0.15, -0.1) is 5.10 Å². The van der Waals surface area contributed by atoms with Crippen molar-refractivity contribution in [3.63, 3.8) is 0 Å². The van der Waals surface area contributed by atoms with E-state index in [0.717, 1.165) is 5.56 Å². The van der Waals surface area contributed by atoms with Crippen molar-refractivity contribution in [3.05, 3.63) is 41.7 Å². The Morgan fingerprint density at radius 1 is 1.25 bits per heavy atom. The number of benzene rings is 1. The quantitative estimate of drug-likeness (QED) is 0.387. The molecule has 0 bridgehead atoms. The standard InChI is InChI=1S/C23H34N8O5/c1-16(32)25-18-9-10-30(13-18)22(34)36-12-11-31-20(27-28-29-31)19(26-21(33)23(2,3)24)15-35-14-17-7-5-4-6-8-17/h4-8,18-19H,9-15,24H2,1-3H3,(H,25,32)(H,26,33)/t18-,19-/m1/s1. The summed E-state index contributed by atoms with van der Waals surface area (Å²) in [6, 6.07) is 8.88. The Bertz CT molecular complexity index is 1020. The lowest BCUT2D eigenvalue weighted by molar-refractivity contribution is -0.126. The fourth-order valence-electron chi connectivity index (χ4n) is 3.66. The zero-order chi connectivity index (χ0) is 26.1. The molecule has 0 unspecified atom stereocenters. The summed E-state index contributed by atoms with van der Waals surface area (Å²) < 4.78 is 12.7. The van der Waals surface area contributed by atoms with Crippen LogP contribution in [0.3, 0.4) is 0 Å². The van der Waals surface area contributed by atoms with Crippen molar-refractivity contribution in [2.75, 3.05) is 26.3 Å². The molecule has 13 heteroatoms. The highest BCUT2D eigenvalue weighted by Gasteiger charge is 2.29. The third-order valence-corrected chi connectivity index (χ3v) is 5.54. The minimum absolute atomic E-state index is 0.0199. The van der Waals surface area contributed by atoms with Crippen LogP contribution < -0.4 is 16.4 Å². The Morgan fingerprint density at radius 3 is 2.69 bits per heavy atom. The SMILES string of the molecule is CC(=O)N[C@@H]1CCN(C(=O)OCCn2nnnc2[C@@H](COCc2ccccc2)NC(=O)C(C)(C)N)C1. The first-order valence-electron chi connectivity index (χ1n) is 11.8. The summed E-state index contributed by atoms with van der Waals surface area (Å²) in [6.45, 7) is 6.19. The van der Waals surface area contributed by atoms with Crippen molar-refractivity contribution in [2.24, 2.45) is 5.73 Å². The van der Waals surface area contributed by atoms with E-state index in [2.05, 4.69) is 26.2 Å². The number of carbonyl (C=O) groups excluding carboxylic acids is 3. The molecular weight excluding hydrogens is 468 g/mol. The minimum Gasteiger partial charge on any atom is -0.447 e. The molecule has 2 aromatic rings. The van der Waals surface area contributed by atoms with Crippen molar-refractivity contribution in [1.29, 1.82) is 0 Å². The first-order chi connectivity index (χ1) is 17.1. The number of likely N-dealkylation sites (tertiary alicyclic amines) is 1. The average Bonchev–Trinajstić information content (AvgIpc) is 3.48. The second-order valence-electron chi connectivity index (χ2n) is 9.26. The van der Waals surface area contributed by atoms with Crippen LogP contribution in [0.25, 0.3) is 0 Å². The van der Waals surface area contributed by atoms with Gasteiger partial charge in [-0.05, 0) is 36.3 Å². The van der Waals surface area contributed by atoms with E-state index in [9.17, 15) is 14.4 Å². The number of aromatic nitrogens is 4. The zero-order valence-corrected chi connectivity index (χ0v) is 20.8. The molecule has 1 aromatic carbocycles. The topological polar surface area (TPSA) is 167 Å². The molecule has 13 nitrogen and oxygen atoms in total. The summed E-state index contributed by atoms with van der Waals surface area (Å²) in [5, 5.41) is 17.4. The number of nitrogens with one attached hydrogen (secondary N) is 2. The molecule has 0 spiro atoms. The molecule has 2 heterocycles. The highest BCUT2D eigenvalue weighted by molar-refractivity contribution is 5.85. The van der Waals surface area contributed by atoms with Gasteiger partial charge in [0.1, 0.15) is 12.6 Å². The number of rotatable bonds is 11. The van der Waals surface area contributed by atoms with Gasteiger partial charge in [-0.25, -0.2) is 9.48 Å². The lowest BCUT2D eigenvalue weighted by Gasteiger charge is -2.24. The second-order valence-corrected chi connectivity index (χ2v) is 9.26. The van der Waals surface area contributed by atoms with E-state index >= 15 is 0 Å². The largest absolute Gasteiger partial charge is 0.447 e. The van der Waals surface area contributed by atoms with Crippen molar-refractivity contribution in [1.82, 2.24) is 35.7 Å². The van der Waals surface area contributed by atoms with Gasteiger partial charge >= 0.3 is 6.09 Å². The molecular formula is C23H34N8O5. The van der Waals surface area contributed by atoms with Crippen molar-refractivity contribution < 1.29 is 23.9 Å². The normalized spacial score (nSPS) is 16.4. The number of nitrogens with two attached hydrogens (primary N) is 1. The Balaban J connectivity index is 1.57. The molecule has 196 valence electrons. The summed E-state index contributed by atoms with van der Waals surface area (Å²) in [5.74, 6) is -0.169. The van der Waals surface area contributed by atoms with Gasteiger partial charge in [-0.2, -0.15) is 0 Å². The molecule has 0 saturated carbocycles. The van der Waals surface area contributed by atoms with E-state index in [-0.39, 0.29) is 37.6 Å². The highest BCUT2D eigenvalue weighted by atomic mass is 16.6. The fourth-order valence-corrected chi connectivity index (χ4v) is 3.66. The summed E-state index contributed by atoms with van der Waals surface area (Å²) in [4.78, 5) is 37.7. The van der Waals surface area contributed by atoms with Gasteiger partial charge in [0.05, 0.1) is 25.3 Å². The van der Waals surface area contributed by atoms with Gasteiger partial charge < -0.3 is 30.7 Å². The third-order valence-electron chi connectivity index (χ3n) is 5.54. The minimum atomic E-state index is -1.11. The van der Waals surface area contributed by atoms with E-state index in [0.29, 0.717) is 31.9 Å². The molecule has 1 saturated heterocycles. The van der Waals surface area contributed by atoms with Crippen LogP contribution in [0.5, 0.6) is 0 Å². The monoisotopic (exact) mass is 502 g/mol. The van der Waals surface area contributed by atoms with Crippen molar-refractivity contribution in [2.45, 2.75) is 58.0 Å². The number of ether oxygens (including phenoxy) is 2. The highest BCUT2D eigenvalue weighted by Crippen LogP contribution is 2.14. The van der Waals surface area contributed by atoms with Gasteiger partial charge in [0.2, 0.25) is 11.8 Å². The fraction of sp³-hybridized carbons (Fsp3) is 0.565. The number of hydrogen-bond acceptors (Lipinski definition) is 9. The Kier molecular flexibility index (Phi) is 9.31. The van der Waals surface area contributed by atoms with Crippen LogP contribution in [0, 0.1) is 0 Å². The maximum absolute atomic E-state index is 12.6. The predicted octanol–water partition coefficient (Wildman–Crippen LogP) is 0.132. The molecule has 3 amide bonds. The van der Waals surface area contributed by atoms with Gasteiger partial charge in [0.15, 0.2) is 5.82 Å². The van der Waals surface area contributed by atoms with Crippen LogP contribution in [0.2, 0.25) is 0 Å². The molecule has 0 aliphatic carbocycles. The van der Waals surface area contributed by atoms with E-state index in [1.54, 1.807) is 18.7 Å². The number of amides is 3. The molecule has 1 aromatic heterocycles. The summed E-state index contributed by atoms with van der Waals surface area (Å²) >= 11 is 0. The molecule has 1 fully saturated rings. The second kappa shape index (κ2) is 12.4. The Morgan fingerprint density at radius 2 is 2.00 bits per heavy atom. The third kappa shape index (κ3) is 7.99. The first-order valence-corrected chi connectivity index (χ1v) is 11.8. The summed E-state index contributed by atoms with van der Waals surface area (Å²) in [6.07, 6.45) is 0.201. The Labute approximate surface area is 209 Å². The van der Waals surface area contributed by atoms with Crippen LogP contribution in [-0.2, 0) is 32.2 Å². The van der Waals surface area contributed by atoms with E-state index < -0.39 is 17.7 Å².